The molecule has 2 N–H and O–H groups in total. The summed E-state index contributed by atoms with van der Waals surface area (Å²) >= 11 is 0. The van der Waals surface area contributed by atoms with Crippen LogP contribution in [0, 0.1) is 0 Å². The van der Waals surface area contributed by atoms with Crippen molar-refractivity contribution in [3.05, 3.63) is 24.3 Å². The number of nitrogens with one attached hydrogen (secondary N) is 2. The topological polar surface area (TPSA) is 87.5 Å². The lowest BCUT2D eigenvalue weighted by atomic mass is 9.98. The van der Waals surface area contributed by atoms with Crippen molar-refractivity contribution in [2.24, 2.45) is 0 Å². The van der Waals surface area contributed by atoms with Gasteiger partial charge in [-0.3, -0.25) is 9.59 Å². The molecular weight excluding hydrogens is 332 g/mol. The summed E-state index contributed by atoms with van der Waals surface area (Å²) in [6.45, 7) is 1.34. The first-order chi connectivity index (χ1) is 12.7. The van der Waals surface area contributed by atoms with Gasteiger partial charge in [0.25, 0.3) is 6.01 Å². The van der Waals surface area contributed by atoms with E-state index in [2.05, 4.69) is 15.6 Å². The van der Waals surface area contributed by atoms with Crippen LogP contribution in [0.2, 0.25) is 0 Å². The second-order valence-corrected chi connectivity index (χ2v) is 7.06. The second-order valence-electron chi connectivity index (χ2n) is 7.06. The monoisotopic (exact) mass is 356 g/mol. The summed E-state index contributed by atoms with van der Waals surface area (Å²) in [5.41, 5.74) is 1.56. The molecule has 7 heteroatoms. The number of hydrogen-bond acceptors (Lipinski definition) is 5. The van der Waals surface area contributed by atoms with Crippen LogP contribution in [-0.2, 0) is 9.59 Å². The molecule has 4 rings (SSSR count). The number of oxazole rings is 1. The first kappa shape index (κ1) is 16.9. The number of carbonyl (C=O) groups excluding carboxylic acids is 2. The van der Waals surface area contributed by atoms with Crippen molar-refractivity contribution < 1.29 is 14.0 Å². The van der Waals surface area contributed by atoms with Crippen molar-refractivity contribution in [1.29, 1.82) is 0 Å². The molecule has 26 heavy (non-hydrogen) atoms. The Morgan fingerprint density at radius 3 is 3.00 bits per heavy atom. The molecule has 2 aliphatic heterocycles. The summed E-state index contributed by atoms with van der Waals surface area (Å²) in [7, 11) is 0. The smallest absolute Gasteiger partial charge is 0.295 e. The second kappa shape index (κ2) is 7.35. The fourth-order valence-electron chi connectivity index (χ4n) is 3.85. The standard InChI is InChI=1S/C19H24N4O3/c24-17-10-5-8-15(21-17)18(25)23-11-4-3-6-13(23)12-20-19-22-14-7-1-2-9-16(14)26-19/h1-2,7,9,13,15H,3-6,8,10-12H2,(H,20,22)(H,21,24)/t13-,15+/m0/s1. The summed E-state index contributed by atoms with van der Waals surface area (Å²) in [5.74, 6) is 0.0230. The summed E-state index contributed by atoms with van der Waals surface area (Å²) in [4.78, 5) is 30.9. The van der Waals surface area contributed by atoms with Crippen LogP contribution >= 0.6 is 0 Å². The average Bonchev–Trinajstić information content (AvgIpc) is 3.09. The lowest BCUT2D eigenvalue weighted by Crippen LogP contribution is -2.56. The van der Waals surface area contributed by atoms with Crippen molar-refractivity contribution >= 4 is 28.9 Å². The van der Waals surface area contributed by atoms with Crippen molar-refractivity contribution in [1.82, 2.24) is 15.2 Å². The zero-order valence-electron chi connectivity index (χ0n) is 14.7. The maximum atomic E-state index is 12.9. The highest BCUT2D eigenvalue weighted by molar-refractivity contribution is 5.89. The van der Waals surface area contributed by atoms with Gasteiger partial charge in [-0.25, -0.2) is 0 Å². The van der Waals surface area contributed by atoms with E-state index < -0.39 is 0 Å². The molecule has 2 fully saturated rings. The Hall–Kier alpha value is -2.57. The van der Waals surface area contributed by atoms with E-state index in [1.165, 1.54) is 0 Å². The van der Waals surface area contributed by atoms with Gasteiger partial charge in [-0.2, -0.15) is 4.98 Å². The molecule has 2 aromatic rings. The Morgan fingerprint density at radius 2 is 2.15 bits per heavy atom. The Balaban J connectivity index is 1.41. The number of aromatic nitrogens is 1. The van der Waals surface area contributed by atoms with E-state index in [1.807, 2.05) is 29.2 Å². The zero-order chi connectivity index (χ0) is 17.9. The van der Waals surface area contributed by atoms with E-state index in [1.54, 1.807) is 0 Å². The number of amides is 2. The average molecular weight is 356 g/mol. The molecule has 1 aromatic heterocycles. The van der Waals surface area contributed by atoms with E-state index in [9.17, 15) is 9.59 Å². The number of anilines is 1. The molecule has 138 valence electrons. The Bertz CT molecular complexity index is 770. The lowest BCUT2D eigenvalue weighted by Gasteiger charge is -2.38. The number of rotatable bonds is 4. The van der Waals surface area contributed by atoms with Gasteiger partial charge < -0.3 is 20.0 Å². The SMILES string of the molecule is O=C1CCC[C@H](C(=O)N2CCCC[C@H]2CNc2nc3ccccc3o2)N1. The Labute approximate surface area is 152 Å². The van der Waals surface area contributed by atoms with Crippen molar-refractivity contribution in [2.45, 2.75) is 50.6 Å². The minimum Gasteiger partial charge on any atom is -0.424 e. The van der Waals surface area contributed by atoms with E-state index in [-0.39, 0.29) is 23.9 Å². The molecule has 7 nitrogen and oxygen atoms in total. The minimum atomic E-state index is -0.374. The first-order valence-electron chi connectivity index (χ1n) is 9.40. The van der Waals surface area contributed by atoms with Crippen molar-refractivity contribution in [3.63, 3.8) is 0 Å². The molecule has 0 spiro atoms. The molecule has 0 saturated carbocycles. The molecule has 2 amide bonds. The highest BCUT2D eigenvalue weighted by atomic mass is 16.4. The fraction of sp³-hybridized carbons (Fsp3) is 0.526. The minimum absolute atomic E-state index is 0.0206. The van der Waals surface area contributed by atoms with Crippen LogP contribution in [0.3, 0.4) is 0 Å². The molecule has 0 unspecified atom stereocenters. The molecule has 3 heterocycles. The number of fused-ring (bicyclic) bond motifs is 1. The number of para-hydroxylation sites is 2. The van der Waals surface area contributed by atoms with Crippen LogP contribution in [0.15, 0.2) is 28.7 Å². The van der Waals surface area contributed by atoms with Gasteiger partial charge in [-0.05, 0) is 44.2 Å². The Kier molecular flexibility index (Phi) is 4.77. The first-order valence-corrected chi connectivity index (χ1v) is 9.40. The van der Waals surface area contributed by atoms with Gasteiger partial charge in [-0.1, -0.05) is 12.1 Å². The van der Waals surface area contributed by atoms with Gasteiger partial charge >= 0.3 is 0 Å². The zero-order valence-corrected chi connectivity index (χ0v) is 14.7. The molecule has 2 saturated heterocycles. The summed E-state index contributed by atoms with van der Waals surface area (Å²) in [6, 6.07) is 7.83. The molecule has 2 atom stereocenters. The van der Waals surface area contributed by atoms with Gasteiger partial charge in [-0.15, -0.1) is 0 Å². The number of hydrogen-bond donors (Lipinski definition) is 2. The third-order valence-electron chi connectivity index (χ3n) is 5.22. The lowest BCUT2D eigenvalue weighted by molar-refractivity contribution is -0.140. The molecular formula is C19H24N4O3. The van der Waals surface area contributed by atoms with E-state index in [0.29, 0.717) is 19.0 Å². The summed E-state index contributed by atoms with van der Waals surface area (Å²) in [5, 5.41) is 6.09. The number of carbonyl (C=O) groups is 2. The van der Waals surface area contributed by atoms with Crippen LogP contribution in [0.25, 0.3) is 11.1 Å². The maximum Gasteiger partial charge on any atom is 0.295 e. The molecule has 1 aromatic carbocycles. The van der Waals surface area contributed by atoms with Crippen molar-refractivity contribution in [3.8, 4) is 0 Å². The number of likely N-dealkylation sites (tertiary alicyclic amines) is 1. The van der Waals surface area contributed by atoms with Gasteiger partial charge in [0.1, 0.15) is 11.6 Å². The third-order valence-corrected chi connectivity index (χ3v) is 5.22. The number of piperidine rings is 2. The van der Waals surface area contributed by atoms with E-state index in [0.717, 1.165) is 49.7 Å². The molecule has 0 radical (unpaired) electrons. The maximum absolute atomic E-state index is 12.9. The van der Waals surface area contributed by atoms with Gasteiger partial charge in [0.2, 0.25) is 11.8 Å². The predicted molar refractivity (Wildman–Crippen MR) is 97.6 cm³/mol. The summed E-state index contributed by atoms with van der Waals surface area (Å²) in [6.07, 6.45) is 5.08. The quantitative estimate of drug-likeness (QED) is 0.878. The fourth-order valence-corrected chi connectivity index (χ4v) is 3.85. The molecule has 0 aliphatic carbocycles. The number of benzene rings is 1. The normalized spacial score (nSPS) is 23.7. The van der Waals surface area contributed by atoms with E-state index in [4.69, 9.17) is 4.42 Å². The van der Waals surface area contributed by atoms with Crippen LogP contribution in [0.4, 0.5) is 6.01 Å². The van der Waals surface area contributed by atoms with Crippen LogP contribution < -0.4 is 10.6 Å². The predicted octanol–water partition coefficient (Wildman–Crippen LogP) is 2.29. The van der Waals surface area contributed by atoms with Gasteiger partial charge in [0.05, 0.1) is 0 Å². The van der Waals surface area contributed by atoms with Crippen molar-refractivity contribution in [2.75, 3.05) is 18.4 Å². The number of nitrogens with zero attached hydrogens (tertiary/aromatic N) is 2. The molecule has 2 aliphatic rings. The van der Waals surface area contributed by atoms with Crippen LogP contribution in [0.5, 0.6) is 0 Å². The third kappa shape index (κ3) is 3.52. The highest BCUT2D eigenvalue weighted by Crippen LogP contribution is 2.22. The Morgan fingerprint density at radius 1 is 1.27 bits per heavy atom. The van der Waals surface area contributed by atoms with Crippen LogP contribution in [0.1, 0.15) is 38.5 Å². The largest absolute Gasteiger partial charge is 0.424 e. The highest BCUT2D eigenvalue weighted by Gasteiger charge is 2.33. The van der Waals surface area contributed by atoms with E-state index >= 15 is 0 Å². The summed E-state index contributed by atoms with van der Waals surface area (Å²) < 4.78 is 5.70. The van der Waals surface area contributed by atoms with Gasteiger partial charge in [0, 0.05) is 25.6 Å². The van der Waals surface area contributed by atoms with Crippen LogP contribution in [-0.4, -0.2) is 46.9 Å². The van der Waals surface area contributed by atoms with Gasteiger partial charge in [0.15, 0.2) is 5.58 Å². The molecule has 0 bridgehead atoms.